The van der Waals surface area contributed by atoms with E-state index in [0.29, 0.717) is 0 Å². The van der Waals surface area contributed by atoms with E-state index < -0.39 is 0 Å². The van der Waals surface area contributed by atoms with E-state index in [4.69, 9.17) is 0 Å². The van der Waals surface area contributed by atoms with Crippen LogP contribution < -0.4 is 4.90 Å². The summed E-state index contributed by atoms with van der Waals surface area (Å²) in [6.45, 7) is 6.41. The summed E-state index contributed by atoms with van der Waals surface area (Å²) < 4.78 is 0. The predicted octanol–water partition coefficient (Wildman–Crippen LogP) is 5.40. The van der Waals surface area contributed by atoms with Crippen LogP contribution in [0.25, 0.3) is 23.1 Å². The molecule has 0 bridgehead atoms. The van der Waals surface area contributed by atoms with Crippen molar-refractivity contribution >= 4 is 28.7 Å². The van der Waals surface area contributed by atoms with Crippen LogP contribution in [-0.4, -0.2) is 19.1 Å². The van der Waals surface area contributed by atoms with Crippen LogP contribution in [0.2, 0.25) is 0 Å². The Morgan fingerprint density at radius 2 is 1.46 bits per heavy atom. The average Bonchev–Trinajstić information content (AvgIpc) is 2.57. The van der Waals surface area contributed by atoms with Gasteiger partial charge in [-0.05, 0) is 60.7 Å². The zero-order chi connectivity index (χ0) is 17.3. The van der Waals surface area contributed by atoms with E-state index in [0.717, 1.165) is 5.52 Å². The van der Waals surface area contributed by atoms with Crippen molar-refractivity contribution in [3.8, 4) is 0 Å². The largest absolute Gasteiger partial charge is 0.378 e. The fraction of sp³-hybridized carbons (Fsp3) is 0.227. The van der Waals surface area contributed by atoms with Crippen molar-refractivity contribution < 1.29 is 0 Å². The van der Waals surface area contributed by atoms with Crippen molar-refractivity contribution in [2.45, 2.75) is 20.8 Å². The van der Waals surface area contributed by atoms with Gasteiger partial charge >= 0.3 is 0 Å². The number of anilines is 1. The third-order valence-corrected chi connectivity index (χ3v) is 4.52. The summed E-state index contributed by atoms with van der Waals surface area (Å²) in [6.07, 6.45) is 6.38. The Kier molecular flexibility index (Phi) is 4.39. The van der Waals surface area contributed by atoms with E-state index in [1.807, 2.05) is 6.20 Å². The summed E-state index contributed by atoms with van der Waals surface area (Å²) >= 11 is 0. The Balaban J connectivity index is 2.06. The second-order valence-electron chi connectivity index (χ2n) is 6.60. The van der Waals surface area contributed by atoms with E-state index in [-0.39, 0.29) is 0 Å². The molecule has 3 rings (SSSR count). The number of benzene rings is 2. The second-order valence-corrected chi connectivity index (χ2v) is 6.60. The summed E-state index contributed by atoms with van der Waals surface area (Å²) in [7, 11) is 4.12. The fourth-order valence-electron chi connectivity index (χ4n) is 3.01. The van der Waals surface area contributed by atoms with E-state index in [1.165, 1.54) is 38.9 Å². The number of nitrogens with zero attached hydrogens (tertiary/aromatic N) is 2. The fourth-order valence-corrected chi connectivity index (χ4v) is 3.01. The molecule has 0 radical (unpaired) electrons. The van der Waals surface area contributed by atoms with E-state index >= 15 is 0 Å². The highest BCUT2D eigenvalue weighted by molar-refractivity contribution is 5.95. The molecule has 1 heterocycles. The summed E-state index contributed by atoms with van der Waals surface area (Å²) in [5, 5.41) is 1.26. The van der Waals surface area contributed by atoms with Gasteiger partial charge < -0.3 is 4.90 Å². The maximum absolute atomic E-state index is 4.65. The molecular formula is C22H24N2. The first kappa shape index (κ1) is 16.3. The third-order valence-electron chi connectivity index (χ3n) is 4.52. The molecule has 0 saturated carbocycles. The predicted molar refractivity (Wildman–Crippen MR) is 106 cm³/mol. The van der Waals surface area contributed by atoms with Crippen LogP contribution >= 0.6 is 0 Å². The minimum Gasteiger partial charge on any atom is -0.378 e. The van der Waals surface area contributed by atoms with Gasteiger partial charge in [0, 0.05) is 31.4 Å². The van der Waals surface area contributed by atoms with Crippen molar-refractivity contribution in [1.82, 2.24) is 4.98 Å². The Hall–Kier alpha value is -2.61. The summed E-state index contributed by atoms with van der Waals surface area (Å²) in [5.74, 6) is 0. The molecule has 0 spiro atoms. The van der Waals surface area contributed by atoms with Gasteiger partial charge in [0.2, 0.25) is 0 Å². The topological polar surface area (TPSA) is 16.1 Å². The third kappa shape index (κ3) is 3.05. The lowest BCUT2D eigenvalue weighted by molar-refractivity contribution is 1.13. The highest BCUT2D eigenvalue weighted by atomic mass is 15.1. The second kappa shape index (κ2) is 6.48. The van der Waals surface area contributed by atoms with Gasteiger partial charge in [-0.2, -0.15) is 0 Å². The van der Waals surface area contributed by atoms with Crippen LogP contribution in [0.1, 0.15) is 27.8 Å². The van der Waals surface area contributed by atoms with Crippen molar-refractivity contribution in [3.63, 3.8) is 0 Å². The minimum absolute atomic E-state index is 1.10. The van der Waals surface area contributed by atoms with E-state index in [2.05, 4.69) is 93.3 Å². The highest BCUT2D eigenvalue weighted by Gasteiger charge is 2.08. The van der Waals surface area contributed by atoms with Crippen molar-refractivity contribution in [2.24, 2.45) is 0 Å². The Morgan fingerprint density at radius 3 is 2.12 bits per heavy atom. The molecule has 0 unspecified atom stereocenters. The van der Waals surface area contributed by atoms with Crippen LogP contribution in [0.3, 0.4) is 0 Å². The summed E-state index contributed by atoms with van der Waals surface area (Å²) in [5.41, 5.74) is 8.48. The Bertz CT molecular complexity index is 903. The highest BCUT2D eigenvalue weighted by Crippen LogP contribution is 2.28. The molecule has 0 aliphatic carbocycles. The molecule has 0 amide bonds. The molecule has 0 N–H and O–H groups in total. The lowest BCUT2D eigenvalue weighted by atomic mass is 9.97. The van der Waals surface area contributed by atoms with Gasteiger partial charge in [0.15, 0.2) is 0 Å². The normalized spacial score (nSPS) is 11.4. The van der Waals surface area contributed by atoms with Gasteiger partial charge in [-0.15, -0.1) is 0 Å². The summed E-state index contributed by atoms with van der Waals surface area (Å²) in [6, 6.07) is 12.9. The smallest absolute Gasteiger partial charge is 0.0739 e. The first-order valence-electron chi connectivity index (χ1n) is 8.28. The molecule has 0 aliphatic heterocycles. The molecule has 122 valence electrons. The summed E-state index contributed by atoms with van der Waals surface area (Å²) in [4.78, 5) is 6.76. The number of rotatable bonds is 3. The molecule has 1 aromatic heterocycles. The maximum Gasteiger partial charge on any atom is 0.0739 e. The van der Waals surface area contributed by atoms with E-state index in [1.54, 1.807) is 0 Å². The maximum atomic E-state index is 4.65. The molecular weight excluding hydrogens is 292 g/mol. The zero-order valence-corrected chi connectivity index (χ0v) is 15.1. The van der Waals surface area contributed by atoms with Crippen molar-refractivity contribution in [3.05, 3.63) is 70.4 Å². The Labute approximate surface area is 144 Å². The number of aryl methyl sites for hydroxylation is 3. The quantitative estimate of drug-likeness (QED) is 0.643. The average molecular weight is 316 g/mol. The van der Waals surface area contributed by atoms with Crippen molar-refractivity contribution in [1.29, 1.82) is 0 Å². The van der Waals surface area contributed by atoms with Gasteiger partial charge in [-0.25, -0.2) is 0 Å². The molecule has 0 fully saturated rings. The minimum atomic E-state index is 1.10. The number of hydrogen-bond acceptors (Lipinski definition) is 2. The number of fused-ring (bicyclic) bond motifs is 1. The first-order valence-corrected chi connectivity index (χ1v) is 8.28. The standard InChI is InChI=1S/C22H24N2/c1-15-6-7-16(2)22-21(15)20(17(3)14-23-22)13-10-18-8-11-19(12-9-18)24(4)5/h6-14H,1-5H3/b13-10+. The zero-order valence-electron chi connectivity index (χ0n) is 15.1. The van der Waals surface area contributed by atoms with Crippen molar-refractivity contribution in [2.75, 3.05) is 19.0 Å². The van der Waals surface area contributed by atoms with Crippen LogP contribution in [-0.2, 0) is 0 Å². The number of aromatic nitrogens is 1. The Morgan fingerprint density at radius 1 is 0.792 bits per heavy atom. The number of hydrogen-bond donors (Lipinski definition) is 0. The SMILES string of the molecule is Cc1cnc2c(C)ccc(C)c2c1/C=C/c1ccc(N(C)C)cc1. The molecule has 0 aliphatic rings. The van der Waals surface area contributed by atoms with Gasteiger partial charge in [0.05, 0.1) is 5.52 Å². The van der Waals surface area contributed by atoms with Crippen LogP contribution in [0.15, 0.2) is 42.6 Å². The lowest BCUT2D eigenvalue weighted by Gasteiger charge is -2.12. The van der Waals surface area contributed by atoms with Crippen LogP contribution in [0.4, 0.5) is 5.69 Å². The molecule has 2 heteroatoms. The van der Waals surface area contributed by atoms with Gasteiger partial charge in [0.25, 0.3) is 0 Å². The molecule has 0 saturated heterocycles. The lowest BCUT2D eigenvalue weighted by Crippen LogP contribution is -2.07. The molecule has 24 heavy (non-hydrogen) atoms. The van der Waals surface area contributed by atoms with Gasteiger partial charge in [-0.3, -0.25) is 4.98 Å². The first-order chi connectivity index (χ1) is 11.5. The molecule has 2 nitrogen and oxygen atoms in total. The van der Waals surface area contributed by atoms with Crippen LogP contribution in [0.5, 0.6) is 0 Å². The van der Waals surface area contributed by atoms with Gasteiger partial charge in [-0.1, -0.05) is 36.4 Å². The van der Waals surface area contributed by atoms with Gasteiger partial charge in [0.1, 0.15) is 0 Å². The molecule has 0 atom stereocenters. The van der Waals surface area contributed by atoms with Crippen LogP contribution in [0, 0.1) is 20.8 Å². The molecule has 3 aromatic rings. The monoisotopic (exact) mass is 316 g/mol. The molecule has 2 aromatic carbocycles. The number of pyridine rings is 1. The van der Waals surface area contributed by atoms with E-state index in [9.17, 15) is 0 Å².